The van der Waals surface area contributed by atoms with Crippen molar-refractivity contribution in [3.8, 4) is 0 Å². The van der Waals surface area contributed by atoms with E-state index in [1.165, 1.54) is 11.1 Å². The maximum absolute atomic E-state index is 5.63. The molecule has 2 rings (SSSR count). The first-order valence-electron chi connectivity index (χ1n) is 3.79. The highest BCUT2D eigenvalue weighted by Crippen LogP contribution is 2.25. The van der Waals surface area contributed by atoms with Gasteiger partial charge in [0.15, 0.2) is 0 Å². The van der Waals surface area contributed by atoms with Crippen molar-refractivity contribution in [3.05, 3.63) is 35.6 Å². The minimum Gasteiger partial charge on any atom is -0.371 e. The van der Waals surface area contributed by atoms with Crippen LogP contribution >= 0.6 is 11.6 Å². The molecule has 11 heavy (non-hydrogen) atoms. The van der Waals surface area contributed by atoms with Crippen LogP contribution < -0.4 is 0 Å². The van der Waals surface area contributed by atoms with Crippen molar-refractivity contribution < 1.29 is 0 Å². The van der Waals surface area contributed by atoms with Crippen molar-refractivity contribution in [2.24, 2.45) is 0 Å². The molecule has 1 nitrogen and oxygen atoms in total. The first-order chi connectivity index (χ1) is 5.40. The minimum absolute atomic E-state index is 0.709. The molecule has 0 aromatic carbocycles. The summed E-state index contributed by atoms with van der Waals surface area (Å²) in [5.74, 6) is 0.709. The quantitative estimate of drug-likeness (QED) is 0.568. The Kier molecular flexibility index (Phi) is 1.74. The first-order valence-corrected chi connectivity index (χ1v) is 4.33. The van der Waals surface area contributed by atoms with Crippen molar-refractivity contribution in [2.75, 3.05) is 19.0 Å². The van der Waals surface area contributed by atoms with Gasteiger partial charge in [-0.25, -0.2) is 0 Å². The average Bonchev–Trinajstić information content (AvgIpc) is 2.46. The zero-order chi connectivity index (χ0) is 7.68. The number of halogens is 1. The predicted molar refractivity (Wildman–Crippen MR) is 47.6 cm³/mol. The van der Waals surface area contributed by atoms with Gasteiger partial charge in [-0.3, -0.25) is 0 Å². The molecule has 2 heteroatoms. The van der Waals surface area contributed by atoms with Crippen LogP contribution in [0.2, 0.25) is 0 Å². The van der Waals surface area contributed by atoms with Gasteiger partial charge in [0.2, 0.25) is 0 Å². The summed E-state index contributed by atoms with van der Waals surface area (Å²) in [6.07, 6.45) is 8.58. The molecule has 0 amide bonds. The summed E-state index contributed by atoms with van der Waals surface area (Å²) < 4.78 is 0. The average molecular weight is 168 g/mol. The monoisotopic (exact) mass is 167 g/mol. The third-order valence-electron chi connectivity index (χ3n) is 2.01. The van der Waals surface area contributed by atoms with Crippen molar-refractivity contribution >= 4 is 11.6 Å². The Morgan fingerprint density at radius 1 is 1.55 bits per heavy atom. The topological polar surface area (TPSA) is 3.24 Å². The second-order valence-electron chi connectivity index (χ2n) is 2.79. The standard InChI is InChI=1S/C9H10ClN/c10-4-5-11-6-8-2-1-3-9(8)7-11/h1-3,6H,4-5,7H2. The molecule has 0 aromatic rings. The van der Waals surface area contributed by atoms with Crippen LogP contribution in [-0.2, 0) is 0 Å². The lowest BCUT2D eigenvalue weighted by Gasteiger charge is -2.12. The zero-order valence-electron chi connectivity index (χ0n) is 6.26. The predicted octanol–water partition coefficient (Wildman–Crippen LogP) is 1.92. The van der Waals surface area contributed by atoms with E-state index in [9.17, 15) is 0 Å². The highest BCUT2D eigenvalue weighted by atomic mass is 35.5. The molecule has 1 heterocycles. The molecule has 0 fully saturated rings. The fraction of sp³-hybridized carbons (Fsp3) is 0.333. The summed E-state index contributed by atoms with van der Waals surface area (Å²) >= 11 is 5.63. The Morgan fingerprint density at radius 2 is 2.45 bits per heavy atom. The van der Waals surface area contributed by atoms with E-state index < -0.39 is 0 Å². The van der Waals surface area contributed by atoms with Crippen LogP contribution in [0.25, 0.3) is 0 Å². The van der Waals surface area contributed by atoms with E-state index in [1.54, 1.807) is 0 Å². The summed E-state index contributed by atoms with van der Waals surface area (Å²) in [7, 11) is 0. The number of alkyl halides is 1. The van der Waals surface area contributed by atoms with Crippen LogP contribution in [0.1, 0.15) is 0 Å². The second-order valence-corrected chi connectivity index (χ2v) is 3.17. The van der Waals surface area contributed by atoms with Gasteiger partial charge in [0.05, 0.1) is 0 Å². The van der Waals surface area contributed by atoms with E-state index >= 15 is 0 Å². The number of hydrogen-bond acceptors (Lipinski definition) is 1. The fourth-order valence-corrected chi connectivity index (χ4v) is 1.67. The number of allylic oxidation sites excluding steroid dienone is 3. The smallest absolute Gasteiger partial charge is 0.0431 e. The van der Waals surface area contributed by atoms with Gasteiger partial charge >= 0.3 is 0 Å². The Balaban J connectivity index is 2.09. The summed E-state index contributed by atoms with van der Waals surface area (Å²) in [5, 5.41) is 0. The second kappa shape index (κ2) is 2.74. The lowest BCUT2D eigenvalue weighted by Crippen LogP contribution is -2.17. The normalized spacial score (nSPS) is 20.3. The maximum Gasteiger partial charge on any atom is 0.0431 e. The van der Waals surface area contributed by atoms with Gasteiger partial charge in [-0.05, 0) is 11.1 Å². The van der Waals surface area contributed by atoms with Crippen LogP contribution in [-0.4, -0.2) is 23.9 Å². The van der Waals surface area contributed by atoms with Crippen LogP contribution in [0.15, 0.2) is 35.6 Å². The molecule has 0 saturated heterocycles. The Labute approximate surface area is 71.6 Å². The van der Waals surface area contributed by atoms with Crippen LogP contribution in [0.3, 0.4) is 0 Å². The molecule has 0 unspecified atom stereocenters. The van der Waals surface area contributed by atoms with E-state index in [0.717, 1.165) is 13.1 Å². The number of nitrogens with zero attached hydrogens (tertiary/aromatic N) is 1. The summed E-state index contributed by atoms with van der Waals surface area (Å²) in [6, 6.07) is 0. The highest BCUT2D eigenvalue weighted by Gasteiger charge is 2.16. The van der Waals surface area contributed by atoms with Crippen LogP contribution in [0.5, 0.6) is 0 Å². The van der Waals surface area contributed by atoms with Gasteiger partial charge in [-0.15, -0.1) is 11.6 Å². The molecule has 58 valence electrons. The third kappa shape index (κ3) is 1.21. The van der Waals surface area contributed by atoms with E-state index in [-0.39, 0.29) is 0 Å². The molecule has 0 N–H and O–H groups in total. The number of fused-ring (bicyclic) bond motifs is 1. The molecule has 0 aromatic heterocycles. The van der Waals surface area contributed by atoms with E-state index in [1.807, 2.05) is 0 Å². The van der Waals surface area contributed by atoms with Crippen molar-refractivity contribution in [1.82, 2.24) is 4.90 Å². The Bertz CT molecular complexity index is 250. The van der Waals surface area contributed by atoms with E-state index in [4.69, 9.17) is 11.6 Å². The summed E-state index contributed by atoms with van der Waals surface area (Å²) in [4.78, 5) is 2.25. The lowest BCUT2D eigenvalue weighted by molar-refractivity contribution is 0.453. The number of rotatable bonds is 2. The molecule has 2 aliphatic rings. The molecular formula is C9H10ClN. The van der Waals surface area contributed by atoms with Crippen molar-refractivity contribution in [2.45, 2.75) is 0 Å². The first kappa shape index (κ1) is 6.99. The van der Waals surface area contributed by atoms with Crippen molar-refractivity contribution in [3.63, 3.8) is 0 Å². The maximum atomic E-state index is 5.63. The summed E-state index contributed by atoms with van der Waals surface area (Å²) in [6.45, 7) is 1.99. The molecule has 1 aliphatic carbocycles. The molecule has 0 bridgehead atoms. The van der Waals surface area contributed by atoms with Gasteiger partial charge in [-0.1, -0.05) is 18.2 Å². The van der Waals surface area contributed by atoms with Gasteiger partial charge < -0.3 is 4.90 Å². The zero-order valence-corrected chi connectivity index (χ0v) is 7.01. The van der Waals surface area contributed by atoms with Gasteiger partial charge in [0.1, 0.15) is 0 Å². The van der Waals surface area contributed by atoms with E-state index in [2.05, 4.69) is 29.3 Å². The van der Waals surface area contributed by atoms with Crippen LogP contribution in [0.4, 0.5) is 0 Å². The molecule has 0 spiro atoms. The minimum atomic E-state index is 0.709. The largest absolute Gasteiger partial charge is 0.371 e. The molecule has 0 atom stereocenters. The van der Waals surface area contributed by atoms with Crippen LogP contribution in [0, 0.1) is 0 Å². The summed E-state index contributed by atoms with van der Waals surface area (Å²) in [5.41, 5.74) is 2.78. The Morgan fingerprint density at radius 3 is 3.18 bits per heavy atom. The van der Waals surface area contributed by atoms with Gasteiger partial charge in [0, 0.05) is 25.2 Å². The third-order valence-corrected chi connectivity index (χ3v) is 2.18. The highest BCUT2D eigenvalue weighted by molar-refractivity contribution is 6.18. The molecule has 0 radical (unpaired) electrons. The molecule has 0 saturated carbocycles. The fourth-order valence-electron chi connectivity index (χ4n) is 1.45. The van der Waals surface area contributed by atoms with Gasteiger partial charge in [0.25, 0.3) is 0 Å². The number of hydrogen-bond donors (Lipinski definition) is 0. The molecular weight excluding hydrogens is 158 g/mol. The Hall–Kier alpha value is -0.690. The van der Waals surface area contributed by atoms with Gasteiger partial charge in [-0.2, -0.15) is 0 Å². The molecule has 1 aliphatic heterocycles. The lowest BCUT2D eigenvalue weighted by atomic mass is 10.2. The SMILES string of the molecule is ClCCN1C=C2C=CC=C2C1. The van der Waals surface area contributed by atoms with Crippen molar-refractivity contribution in [1.29, 1.82) is 0 Å². The van der Waals surface area contributed by atoms with E-state index in [0.29, 0.717) is 5.88 Å².